The molecular formula is C31H35Cl2N3O4S. The molecule has 0 radical (unpaired) electrons. The maximum Gasteiger partial charge on any atom is 0.264 e. The highest BCUT2D eigenvalue weighted by molar-refractivity contribution is 7.92. The largest absolute Gasteiger partial charge is 0.352 e. The number of carbonyl (C=O) groups excluding carboxylic acids is 2. The first-order valence-corrected chi connectivity index (χ1v) is 16.0. The Morgan fingerprint density at radius 3 is 2.34 bits per heavy atom. The minimum Gasteiger partial charge on any atom is -0.352 e. The molecule has 0 saturated heterocycles. The summed E-state index contributed by atoms with van der Waals surface area (Å²) >= 11 is 12.7. The molecule has 218 valence electrons. The molecule has 3 aromatic carbocycles. The van der Waals surface area contributed by atoms with Gasteiger partial charge in [-0.2, -0.15) is 0 Å². The number of halogens is 2. The smallest absolute Gasteiger partial charge is 0.264 e. The Labute approximate surface area is 252 Å². The lowest BCUT2D eigenvalue weighted by Gasteiger charge is -2.34. The molecule has 0 aliphatic heterocycles. The molecule has 3 aromatic rings. The maximum atomic E-state index is 14.2. The number of nitrogens with one attached hydrogen (secondary N) is 1. The van der Waals surface area contributed by atoms with Gasteiger partial charge in [0, 0.05) is 17.6 Å². The zero-order chi connectivity index (χ0) is 29.6. The fraction of sp³-hybridized carbons (Fsp3) is 0.355. The Balaban J connectivity index is 1.74. The summed E-state index contributed by atoms with van der Waals surface area (Å²) in [6.45, 7) is 3.37. The van der Waals surface area contributed by atoms with Crippen LogP contribution in [0.25, 0.3) is 0 Å². The fourth-order valence-corrected chi connectivity index (χ4v) is 7.09. The van der Waals surface area contributed by atoms with E-state index >= 15 is 0 Å². The van der Waals surface area contributed by atoms with Crippen LogP contribution in [0.1, 0.15) is 50.2 Å². The second-order valence-electron chi connectivity index (χ2n) is 10.3. The van der Waals surface area contributed by atoms with Gasteiger partial charge in [0.15, 0.2) is 0 Å². The minimum atomic E-state index is -4.23. The lowest BCUT2D eigenvalue weighted by molar-refractivity contribution is -0.140. The van der Waals surface area contributed by atoms with Crippen LogP contribution in [-0.2, 0) is 26.2 Å². The molecule has 10 heteroatoms. The number of amides is 2. The summed E-state index contributed by atoms with van der Waals surface area (Å²) in [4.78, 5) is 29.2. The second-order valence-corrected chi connectivity index (χ2v) is 13.1. The fourth-order valence-electron chi connectivity index (χ4n) is 5.20. The number of hydrogen-bond donors (Lipinski definition) is 1. The highest BCUT2D eigenvalue weighted by Gasteiger charge is 2.35. The number of benzene rings is 3. The summed E-state index contributed by atoms with van der Waals surface area (Å²) in [6, 6.07) is 19.3. The highest BCUT2D eigenvalue weighted by Crippen LogP contribution is 2.33. The van der Waals surface area contributed by atoms with E-state index in [1.807, 2.05) is 38.1 Å². The number of sulfonamides is 1. The van der Waals surface area contributed by atoms with Gasteiger partial charge >= 0.3 is 0 Å². The van der Waals surface area contributed by atoms with Crippen LogP contribution in [0.2, 0.25) is 10.0 Å². The Hall–Kier alpha value is -3.07. The molecule has 1 aliphatic rings. The van der Waals surface area contributed by atoms with Crippen LogP contribution in [0.15, 0.2) is 77.7 Å². The third kappa shape index (κ3) is 7.61. The topological polar surface area (TPSA) is 86.8 Å². The predicted octanol–water partition coefficient (Wildman–Crippen LogP) is 6.36. The van der Waals surface area contributed by atoms with Gasteiger partial charge < -0.3 is 10.2 Å². The van der Waals surface area contributed by atoms with Crippen molar-refractivity contribution in [2.45, 2.75) is 69.5 Å². The van der Waals surface area contributed by atoms with Crippen molar-refractivity contribution in [2.75, 3.05) is 10.8 Å². The molecule has 1 atom stereocenters. The van der Waals surface area contributed by atoms with Gasteiger partial charge in [0.25, 0.3) is 10.0 Å². The quantitative estimate of drug-likeness (QED) is 0.272. The summed E-state index contributed by atoms with van der Waals surface area (Å²) in [5, 5.41) is 3.51. The van der Waals surface area contributed by atoms with Crippen molar-refractivity contribution in [3.63, 3.8) is 0 Å². The molecule has 2 amide bonds. The van der Waals surface area contributed by atoms with E-state index < -0.39 is 28.5 Å². The van der Waals surface area contributed by atoms with Gasteiger partial charge in [-0.15, -0.1) is 0 Å². The van der Waals surface area contributed by atoms with E-state index in [4.69, 9.17) is 23.2 Å². The SMILES string of the molecule is CCC(C(=O)NC1CCCC1)N(Cc1cccc(C)c1)C(=O)CN(c1cc(Cl)ccc1Cl)S(=O)(=O)c1ccccc1. The Morgan fingerprint density at radius 2 is 1.68 bits per heavy atom. The lowest BCUT2D eigenvalue weighted by Crippen LogP contribution is -2.53. The van der Waals surface area contributed by atoms with Gasteiger partial charge in [0.1, 0.15) is 12.6 Å². The molecule has 0 bridgehead atoms. The summed E-state index contributed by atoms with van der Waals surface area (Å²) in [5.41, 5.74) is 1.93. The first-order chi connectivity index (χ1) is 19.6. The average molecular weight is 617 g/mol. The molecular weight excluding hydrogens is 581 g/mol. The van der Waals surface area contributed by atoms with Crippen molar-refractivity contribution >= 4 is 50.7 Å². The first-order valence-electron chi connectivity index (χ1n) is 13.8. The van der Waals surface area contributed by atoms with Crippen molar-refractivity contribution in [3.05, 3.63) is 94.0 Å². The summed E-state index contributed by atoms with van der Waals surface area (Å²) in [5.74, 6) is -0.769. The van der Waals surface area contributed by atoms with E-state index in [0.29, 0.717) is 6.42 Å². The Kier molecular flexibility index (Phi) is 10.3. The van der Waals surface area contributed by atoms with E-state index in [2.05, 4.69) is 5.32 Å². The maximum absolute atomic E-state index is 14.2. The molecule has 1 aliphatic carbocycles. The number of aryl methyl sites for hydroxylation is 1. The van der Waals surface area contributed by atoms with Crippen LogP contribution >= 0.6 is 23.2 Å². The van der Waals surface area contributed by atoms with E-state index in [-0.39, 0.29) is 39.1 Å². The molecule has 41 heavy (non-hydrogen) atoms. The monoisotopic (exact) mass is 615 g/mol. The Morgan fingerprint density at radius 1 is 0.976 bits per heavy atom. The molecule has 1 unspecified atom stereocenters. The summed E-state index contributed by atoms with van der Waals surface area (Å²) < 4.78 is 28.8. The molecule has 0 aromatic heterocycles. The van der Waals surface area contributed by atoms with Gasteiger partial charge in [-0.25, -0.2) is 8.42 Å². The zero-order valence-electron chi connectivity index (χ0n) is 23.2. The molecule has 4 rings (SSSR count). The molecule has 1 saturated carbocycles. The Bertz CT molecular complexity index is 1480. The number of carbonyl (C=O) groups is 2. The lowest BCUT2D eigenvalue weighted by atomic mass is 10.1. The van der Waals surface area contributed by atoms with Crippen molar-refractivity contribution in [1.29, 1.82) is 0 Å². The van der Waals surface area contributed by atoms with Crippen LogP contribution in [0.3, 0.4) is 0 Å². The van der Waals surface area contributed by atoms with E-state index in [1.54, 1.807) is 24.3 Å². The van der Waals surface area contributed by atoms with Gasteiger partial charge in [-0.1, -0.05) is 91.0 Å². The van der Waals surface area contributed by atoms with Gasteiger partial charge in [-0.05, 0) is 62.1 Å². The number of anilines is 1. The highest BCUT2D eigenvalue weighted by atomic mass is 35.5. The third-order valence-electron chi connectivity index (χ3n) is 7.31. The summed E-state index contributed by atoms with van der Waals surface area (Å²) in [7, 11) is -4.23. The first kappa shape index (κ1) is 30.9. The van der Waals surface area contributed by atoms with Crippen LogP contribution in [0.4, 0.5) is 5.69 Å². The van der Waals surface area contributed by atoms with Crippen molar-refractivity contribution < 1.29 is 18.0 Å². The van der Waals surface area contributed by atoms with Gasteiger partial charge in [0.2, 0.25) is 11.8 Å². The molecule has 7 nitrogen and oxygen atoms in total. The van der Waals surface area contributed by atoms with Crippen molar-refractivity contribution in [2.24, 2.45) is 0 Å². The minimum absolute atomic E-state index is 0.0000873. The van der Waals surface area contributed by atoms with E-state index in [0.717, 1.165) is 41.1 Å². The number of hydrogen-bond acceptors (Lipinski definition) is 4. The third-order valence-corrected chi connectivity index (χ3v) is 9.64. The second kappa shape index (κ2) is 13.7. The number of rotatable bonds is 11. The molecule has 0 heterocycles. The van der Waals surface area contributed by atoms with Crippen LogP contribution in [0.5, 0.6) is 0 Å². The summed E-state index contributed by atoms with van der Waals surface area (Å²) in [6.07, 6.45) is 4.29. The number of nitrogens with zero attached hydrogens (tertiary/aromatic N) is 2. The van der Waals surface area contributed by atoms with Crippen molar-refractivity contribution in [1.82, 2.24) is 10.2 Å². The van der Waals surface area contributed by atoms with E-state index in [9.17, 15) is 18.0 Å². The van der Waals surface area contributed by atoms with Gasteiger partial charge in [-0.3, -0.25) is 13.9 Å². The van der Waals surface area contributed by atoms with Crippen LogP contribution in [-0.4, -0.2) is 43.8 Å². The van der Waals surface area contributed by atoms with Crippen LogP contribution in [0, 0.1) is 6.92 Å². The molecule has 1 N–H and O–H groups in total. The molecule has 0 spiro atoms. The average Bonchev–Trinajstić information content (AvgIpc) is 3.46. The standard InChI is InChI=1S/C31H35Cl2N3O4S/c1-3-28(31(38)34-25-12-7-8-13-25)35(20-23-11-9-10-22(2)18-23)30(37)21-36(29-19-24(32)16-17-27(29)33)41(39,40)26-14-5-4-6-15-26/h4-6,9-11,14-19,25,28H,3,7-8,12-13,20-21H2,1-2H3,(H,34,38). The molecule has 1 fully saturated rings. The van der Waals surface area contributed by atoms with Crippen molar-refractivity contribution in [3.8, 4) is 0 Å². The van der Waals surface area contributed by atoms with Gasteiger partial charge in [0.05, 0.1) is 15.6 Å². The van der Waals surface area contributed by atoms with Crippen LogP contribution < -0.4 is 9.62 Å². The van der Waals surface area contributed by atoms with E-state index in [1.165, 1.54) is 29.2 Å². The zero-order valence-corrected chi connectivity index (χ0v) is 25.6. The normalized spacial score (nSPS) is 14.4. The predicted molar refractivity (Wildman–Crippen MR) is 164 cm³/mol.